The van der Waals surface area contributed by atoms with Gasteiger partial charge in [0.2, 0.25) is 5.91 Å². The van der Waals surface area contributed by atoms with Gasteiger partial charge in [0, 0.05) is 19.1 Å². The summed E-state index contributed by atoms with van der Waals surface area (Å²) in [6, 6.07) is 0.0248. The fourth-order valence-electron chi connectivity index (χ4n) is 2.03. The van der Waals surface area contributed by atoms with Crippen LogP contribution in [0.1, 0.15) is 32.1 Å². The van der Waals surface area contributed by atoms with E-state index in [4.69, 9.17) is 0 Å². The summed E-state index contributed by atoms with van der Waals surface area (Å²) in [6.07, 6.45) is 5.70. The number of nitrogens with one attached hydrogen (secondary N) is 4. The van der Waals surface area contributed by atoms with Crippen molar-refractivity contribution in [1.82, 2.24) is 21.3 Å². The van der Waals surface area contributed by atoms with Crippen molar-refractivity contribution in [3.05, 3.63) is 0 Å². The second-order valence-electron chi connectivity index (χ2n) is 4.62. The minimum Gasteiger partial charge on any atom is -0.353 e. The second-order valence-corrected chi connectivity index (χ2v) is 4.62. The zero-order chi connectivity index (χ0) is 13.2. The first-order valence-electron chi connectivity index (χ1n) is 6.68. The summed E-state index contributed by atoms with van der Waals surface area (Å²) in [6.45, 7) is 1.32. The van der Waals surface area contributed by atoms with Crippen molar-refractivity contribution < 1.29 is 9.59 Å². The average molecular weight is 256 g/mol. The third-order valence-electron chi connectivity index (χ3n) is 3.05. The van der Waals surface area contributed by atoms with Crippen molar-refractivity contribution in [2.24, 2.45) is 0 Å². The van der Waals surface area contributed by atoms with Crippen molar-refractivity contribution in [3.8, 4) is 0 Å². The Balaban J connectivity index is 2.06. The Morgan fingerprint density at radius 3 is 2.44 bits per heavy atom. The molecule has 1 fully saturated rings. The van der Waals surface area contributed by atoms with Gasteiger partial charge >= 0.3 is 6.03 Å². The van der Waals surface area contributed by atoms with Gasteiger partial charge < -0.3 is 21.3 Å². The molecule has 0 aliphatic heterocycles. The minimum absolute atomic E-state index is 0.0300. The predicted molar refractivity (Wildman–Crippen MR) is 70.3 cm³/mol. The average Bonchev–Trinajstić information content (AvgIpc) is 2.38. The Labute approximate surface area is 108 Å². The molecule has 0 heterocycles. The monoisotopic (exact) mass is 256 g/mol. The summed E-state index contributed by atoms with van der Waals surface area (Å²) in [5.74, 6) is -0.163. The molecule has 0 bridgehead atoms. The van der Waals surface area contributed by atoms with Crippen molar-refractivity contribution in [1.29, 1.82) is 0 Å². The fraction of sp³-hybridized carbons (Fsp3) is 0.833. The summed E-state index contributed by atoms with van der Waals surface area (Å²) in [7, 11) is 1.82. The molecule has 0 unspecified atom stereocenters. The number of carbonyl (C=O) groups is 2. The smallest absolute Gasteiger partial charge is 0.315 e. The first kappa shape index (κ1) is 14.8. The predicted octanol–water partition coefficient (Wildman–Crippen LogP) is -0.0461. The Kier molecular flexibility index (Phi) is 7.17. The lowest BCUT2D eigenvalue weighted by Gasteiger charge is -2.22. The van der Waals surface area contributed by atoms with Gasteiger partial charge in [-0.3, -0.25) is 4.79 Å². The maximum atomic E-state index is 11.5. The van der Waals surface area contributed by atoms with Crippen LogP contribution < -0.4 is 21.3 Å². The molecular weight excluding hydrogens is 232 g/mol. The fourth-order valence-corrected chi connectivity index (χ4v) is 2.03. The van der Waals surface area contributed by atoms with Crippen LogP contribution in [-0.2, 0) is 4.79 Å². The molecule has 0 spiro atoms. The summed E-state index contributed by atoms with van der Waals surface area (Å²) in [5.41, 5.74) is 0. The molecule has 4 N–H and O–H groups in total. The van der Waals surface area contributed by atoms with Gasteiger partial charge in [0.25, 0.3) is 0 Å². The molecule has 1 aliphatic rings. The molecule has 1 rings (SSSR count). The lowest BCUT2D eigenvalue weighted by molar-refractivity contribution is -0.120. The number of rotatable bonds is 6. The number of likely N-dealkylation sites (N-methyl/N-ethyl adjacent to an activating group) is 1. The van der Waals surface area contributed by atoms with Gasteiger partial charge in [0.1, 0.15) is 0 Å². The van der Waals surface area contributed by atoms with Crippen LogP contribution in [0.5, 0.6) is 0 Å². The number of urea groups is 1. The molecule has 0 radical (unpaired) electrons. The highest BCUT2D eigenvalue weighted by atomic mass is 16.2. The lowest BCUT2D eigenvalue weighted by atomic mass is 9.96. The quantitative estimate of drug-likeness (QED) is 0.503. The van der Waals surface area contributed by atoms with E-state index in [1.165, 1.54) is 19.3 Å². The van der Waals surface area contributed by atoms with Crippen molar-refractivity contribution in [2.45, 2.75) is 38.1 Å². The zero-order valence-electron chi connectivity index (χ0n) is 11.1. The number of carbonyl (C=O) groups excluding carboxylic acids is 2. The van der Waals surface area contributed by atoms with Crippen LogP contribution in [-0.4, -0.2) is 44.7 Å². The first-order chi connectivity index (χ1) is 8.72. The molecule has 1 saturated carbocycles. The summed E-state index contributed by atoms with van der Waals surface area (Å²) >= 11 is 0. The Morgan fingerprint density at radius 1 is 1.06 bits per heavy atom. The van der Waals surface area contributed by atoms with E-state index in [1.807, 2.05) is 7.05 Å². The van der Waals surface area contributed by atoms with Crippen LogP contribution >= 0.6 is 0 Å². The second kappa shape index (κ2) is 8.74. The molecule has 6 heteroatoms. The third-order valence-corrected chi connectivity index (χ3v) is 3.05. The van der Waals surface area contributed by atoms with Gasteiger partial charge in [-0.05, 0) is 19.9 Å². The number of amides is 3. The van der Waals surface area contributed by atoms with Crippen LogP contribution in [0.2, 0.25) is 0 Å². The van der Waals surface area contributed by atoms with Crippen LogP contribution in [0, 0.1) is 0 Å². The van der Waals surface area contributed by atoms with E-state index < -0.39 is 0 Å². The molecule has 18 heavy (non-hydrogen) atoms. The van der Waals surface area contributed by atoms with Crippen molar-refractivity contribution in [2.75, 3.05) is 26.7 Å². The highest BCUT2D eigenvalue weighted by Crippen LogP contribution is 2.16. The Bertz CT molecular complexity index is 265. The van der Waals surface area contributed by atoms with Crippen LogP contribution in [0.4, 0.5) is 4.79 Å². The van der Waals surface area contributed by atoms with E-state index in [-0.39, 0.29) is 24.5 Å². The van der Waals surface area contributed by atoms with Gasteiger partial charge in [0.05, 0.1) is 6.54 Å². The molecule has 0 aromatic carbocycles. The van der Waals surface area contributed by atoms with E-state index >= 15 is 0 Å². The minimum atomic E-state index is -0.245. The molecule has 0 aromatic rings. The van der Waals surface area contributed by atoms with E-state index in [0.717, 1.165) is 19.4 Å². The van der Waals surface area contributed by atoms with E-state index in [2.05, 4.69) is 21.3 Å². The van der Waals surface area contributed by atoms with Crippen LogP contribution in [0.15, 0.2) is 0 Å². The number of hydrogen-bond donors (Lipinski definition) is 4. The Morgan fingerprint density at radius 2 is 1.78 bits per heavy atom. The maximum Gasteiger partial charge on any atom is 0.315 e. The van der Waals surface area contributed by atoms with E-state index in [9.17, 15) is 9.59 Å². The third kappa shape index (κ3) is 6.44. The largest absolute Gasteiger partial charge is 0.353 e. The lowest BCUT2D eigenvalue weighted by Crippen LogP contribution is -2.46. The SMILES string of the molecule is CNCCNC(=O)CNC(=O)NC1CCCCC1. The maximum absolute atomic E-state index is 11.5. The molecule has 0 atom stereocenters. The van der Waals surface area contributed by atoms with Crippen molar-refractivity contribution in [3.63, 3.8) is 0 Å². The summed E-state index contributed by atoms with van der Waals surface area (Å²) in [4.78, 5) is 22.9. The zero-order valence-corrected chi connectivity index (χ0v) is 11.1. The molecule has 6 nitrogen and oxygen atoms in total. The molecule has 0 aromatic heterocycles. The highest BCUT2D eigenvalue weighted by molar-refractivity contribution is 5.83. The van der Waals surface area contributed by atoms with Gasteiger partial charge in [-0.25, -0.2) is 4.79 Å². The van der Waals surface area contributed by atoms with Crippen LogP contribution in [0.25, 0.3) is 0 Å². The molecule has 1 aliphatic carbocycles. The first-order valence-corrected chi connectivity index (χ1v) is 6.68. The van der Waals surface area contributed by atoms with Gasteiger partial charge in [-0.15, -0.1) is 0 Å². The highest BCUT2D eigenvalue weighted by Gasteiger charge is 2.15. The number of hydrogen-bond acceptors (Lipinski definition) is 3. The standard InChI is InChI=1S/C12H24N4O2/c1-13-7-8-14-11(17)9-15-12(18)16-10-5-3-2-4-6-10/h10,13H,2-9H2,1H3,(H,14,17)(H2,15,16,18). The summed E-state index contributed by atoms with van der Waals surface area (Å²) in [5, 5.41) is 11.1. The normalized spacial score (nSPS) is 16.1. The topological polar surface area (TPSA) is 82.3 Å². The molecule has 0 saturated heterocycles. The van der Waals surface area contributed by atoms with Gasteiger partial charge in [-0.2, -0.15) is 0 Å². The van der Waals surface area contributed by atoms with E-state index in [0.29, 0.717) is 6.54 Å². The summed E-state index contributed by atoms with van der Waals surface area (Å²) < 4.78 is 0. The van der Waals surface area contributed by atoms with Gasteiger partial charge in [-0.1, -0.05) is 19.3 Å². The Hall–Kier alpha value is -1.30. The van der Waals surface area contributed by atoms with Gasteiger partial charge in [0.15, 0.2) is 0 Å². The van der Waals surface area contributed by atoms with Crippen LogP contribution in [0.3, 0.4) is 0 Å². The molecular formula is C12H24N4O2. The van der Waals surface area contributed by atoms with E-state index in [1.54, 1.807) is 0 Å². The molecule has 3 amide bonds. The van der Waals surface area contributed by atoms with Crippen molar-refractivity contribution >= 4 is 11.9 Å². The molecule has 104 valence electrons.